The molecular weight excluding hydrogens is 316 g/mol. The molecule has 1 aromatic carbocycles. The Hall–Kier alpha value is -2.63. The van der Waals surface area contributed by atoms with E-state index in [1.165, 1.54) is 5.56 Å². The maximum atomic E-state index is 11.9. The monoisotopic (exact) mass is 342 g/mol. The van der Waals surface area contributed by atoms with Crippen molar-refractivity contribution in [1.29, 1.82) is 0 Å². The molecule has 0 atom stereocenters. The molecule has 134 valence electrons. The van der Waals surface area contributed by atoms with Gasteiger partial charge >= 0.3 is 0 Å². The zero-order valence-electron chi connectivity index (χ0n) is 15.1. The van der Waals surface area contributed by atoms with Crippen LogP contribution >= 0.6 is 0 Å². The maximum Gasteiger partial charge on any atom is 0.271 e. The van der Waals surface area contributed by atoms with Crippen LogP contribution in [0.2, 0.25) is 0 Å². The highest BCUT2D eigenvalue weighted by atomic mass is 16.5. The fourth-order valence-electron chi connectivity index (χ4n) is 2.24. The third-order valence-electron chi connectivity index (χ3n) is 3.78. The van der Waals surface area contributed by atoms with Gasteiger partial charge in [-0.2, -0.15) is 0 Å². The lowest BCUT2D eigenvalue weighted by molar-refractivity contribution is 0.0946. The number of anilines is 1. The molecule has 2 N–H and O–H groups in total. The molecule has 0 aliphatic carbocycles. The minimum absolute atomic E-state index is 0.182. The molecule has 6 heteroatoms. The second-order valence-electron chi connectivity index (χ2n) is 6.27. The highest BCUT2D eigenvalue weighted by Crippen LogP contribution is 2.12. The molecule has 0 spiro atoms. The van der Waals surface area contributed by atoms with Gasteiger partial charge in [0.25, 0.3) is 5.91 Å². The summed E-state index contributed by atoms with van der Waals surface area (Å²) < 4.78 is 5.14. The van der Waals surface area contributed by atoms with Gasteiger partial charge in [-0.05, 0) is 48.6 Å². The summed E-state index contributed by atoms with van der Waals surface area (Å²) in [7, 11) is 1.66. The number of benzene rings is 1. The van der Waals surface area contributed by atoms with Crippen molar-refractivity contribution in [2.75, 3.05) is 25.5 Å². The normalized spacial score (nSPS) is 10.6. The molecule has 0 saturated heterocycles. The molecular formula is C19H26N4O2. The topological polar surface area (TPSA) is 76.1 Å². The van der Waals surface area contributed by atoms with E-state index in [0.717, 1.165) is 25.1 Å². The Bertz CT molecular complexity index is 654. The van der Waals surface area contributed by atoms with Crippen molar-refractivity contribution in [1.82, 2.24) is 15.5 Å². The summed E-state index contributed by atoms with van der Waals surface area (Å²) in [5.41, 5.74) is 1.55. The number of aromatic nitrogens is 2. The third kappa shape index (κ3) is 6.41. The molecule has 0 bridgehead atoms. The van der Waals surface area contributed by atoms with E-state index < -0.39 is 0 Å². The van der Waals surface area contributed by atoms with Gasteiger partial charge in [0.2, 0.25) is 0 Å². The lowest BCUT2D eigenvalue weighted by Gasteiger charge is -2.08. The fourth-order valence-corrected chi connectivity index (χ4v) is 2.24. The van der Waals surface area contributed by atoms with Gasteiger partial charge in [-0.25, -0.2) is 0 Å². The molecule has 2 rings (SSSR count). The first-order chi connectivity index (χ1) is 12.1. The minimum atomic E-state index is -0.182. The molecule has 0 fully saturated rings. The van der Waals surface area contributed by atoms with Crippen LogP contribution in [0.25, 0.3) is 0 Å². The number of carbonyl (C=O) groups is 1. The van der Waals surface area contributed by atoms with Gasteiger partial charge < -0.3 is 15.4 Å². The summed E-state index contributed by atoms with van der Waals surface area (Å²) >= 11 is 0. The predicted octanol–water partition coefficient (Wildman–Crippen LogP) is 2.92. The number of hydrogen-bond donors (Lipinski definition) is 2. The summed E-state index contributed by atoms with van der Waals surface area (Å²) in [5, 5.41) is 14.1. The summed E-state index contributed by atoms with van der Waals surface area (Å²) in [5.74, 6) is 1.89. The number of ether oxygens (including phenoxy) is 1. The average Bonchev–Trinajstić information content (AvgIpc) is 2.62. The number of nitrogens with one attached hydrogen (secondary N) is 2. The van der Waals surface area contributed by atoms with Crippen molar-refractivity contribution in [3.05, 3.63) is 47.7 Å². The first-order valence-electron chi connectivity index (χ1n) is 8.57. The smallest absolute Gasteiger partial charge is 0.271 e. The van der Waals surface area contributed by atoms with E-state index in [2.05, 4.69) is 34.7 Å². The van der Waals surface area contributed by atoms with Crippen molar-refractivity contribution in [3.63, 3.8) is 0 Å². The lowest BCUT2D eigenvalue weighted by atomic mass is 10.1. The zero-order valence-corrected chi connectivity index (χ0v) is 15.1. The van der Waals surface area contributed by atoms with Crippen molar-refractivity contribution in [3.8, 4) is 5.75 Å². The lowest BCUT2D eigenvalue weighted by Crippen LogP contribution is -2.26. The van der Waals surface area contributed by atoms with Crippen LogP contribution in [0.3, 0.4) is 0 Å². The molecule has 25 heavy (non-hydrogen) atoms. The van der Waals surface area contributed by atoms with Crippen LogP contribution in [0.1, 0.15) is 36.3 Å². The van der Waals surface area contributed by atoms with Crippen LogP contribution in [0, 0.1) is 5.92 Å². The van der Waals surface area contributed by atoms with E-state index in [9.17, 15) is 4.79 Å². The van der Waals surface area contributed by atoms with Gasteiger partial charge in [0.1, 0.15) is 11.6 Å². The number of nitrogens with zero attached hydrogens (tertiary/aromatic N) is 2. The van der Waals surface area contributed by atoms with Crippen LogP contribution < -0.4 is 15.4 Å². The largest absolute Gasteiger partial charge is 0.497 e. The van der Waals surface area contributed by atoms with Crippen LogP contribution in [0.15, 0.2) is 36.4 Å². The quantitative estimate of drug-likeness (QED) is 0.733. The van der Waals surface area contributed by atoms with Crippen LogP contribution in [-0.2, 0) is 6.42 Å². The first kappa shape index (κ1) is 18.7. The summed E-state index contributed by atoms with van der Waals surface area (Å²) in [6, 6.07) is 11.4. The molecule has 1 aromatic heterocycles. The van der Waals surface area contributed by atoms with Gasteiger partial charge in [-0.15, -0.1) is 10.2 Å². The Morgan fingerprint density at radius 1 is 1.08 bits per heavy atom. The summed E-state index contributed by atoms with van der Waals surface area (Å²) in [6.45, 7) is 5.64. The zero-order chi connectivity index (χ0) is 18.1. The minimum Gasteiger partial charge on any atom is -0.497 e. The number of hydrogen-bond acceptors (Lipinski definition) is 5. The van der Waals surface area contributed by atoms with E-state index in [0.29, 0.717) is 24.0 Å². The van der Waals surface area contributed by atoms with Gasteiger partial charge in [0, 0.05) is 13.1 Å². The molecule has 6 nitrogen and oxygen atoms in total. The van der Waals surface area contributed by atoms with Gasteiger partial charge in [-0.1, -0.05) is 26.0 Å². The predicted molar refractivity (Wildman–Crippen MR) is 99.0 cm³/mol. The highest BCUT2D eigenvalue weighted by molar-refractivity contribution is 5.92. The number of methoxy groups -OCH3 is 1. The first-order valence-corrected chi connectivity index (χ1v) is 8.57. The molecule has 2 aromatic rings. The van der Waals surface area contributed by atoms with Gasteiger partial charge in [0.05, 0.1) is 7.11 Å². The van der Waals surface area contributed by atoms with Gasteiger partial charge in [-0.3, -0.25) is 4.79 Å². The van der Waals surface area contributed by atoms with Crippen LogP contribution in [0.4, 0.5) is 5.82 Å². The highest BCUT2D eigenvalue weighted by Gasteiger charge is 2.07. The molecule has 1 heterocycles. The second-order valence-corrected chi connectivity index (χ2v) is 6.27. The Morgan fingerprint density at radius 2 is 1.84 bits per heavy atom. The number of amides is 1. The van der Waals surface area contributed by atoms with Gasteiger partial charge in [0.15, 0.2) is 5.69 Å². The average molecular weight is 342 g/mol. The number of carbonyl (C=O) groups excluding carboxylic acids is 1. The van der Waals surface area contributed by atoms with Crippen LogP contribution in [0.5, 0.6) is 5.75 Å². The van der Waals surface area contributed by atoms with E-state index >= 15 is 0 Å². The maximum absolute atomic E-state index is 11.9. The molecule has 0 aliphatic rings. The molecule has 0 saturated carbocycles. The fraction of sp³-hybridized carbons (Fsp3) is 0.421. The number of rotatable bonds is 9. The van der Waals surface area contributed by atoms with Crippen molar-refractivity contribution in [2.45, 2.75) is 26.7 Å². The Morgan fingerprint density at radius 3 is 2.44 bits per heavy atom. The van der Waals surface area contributed by atoms with E-state index in [4.69, 9.17) is 4.74 Å². The second kappa shape index (κ2) is 9.61. The summed E-state index contributed by atoms with van der Waals surface area (Å²) in [6.07, 6.45) is 1.81. The van der Waals surface area contributed by atoms with E-state index in [1.54, 1.807) is 19.2 Å². The van der Waals surface area contributed by atoms with E-state index in [-0.39, 0.29) is 5.91 Å². The Balaban J connectivity index is 1.76. The molecule has 0 unspecified atom stereocenters. The summed E-state index contributed by atoms with van der Waals surface area (Å²) in [4.78, 5) is 11.9. The molecule has 0 radical (unpaired) electrons. The van der Waals surface area contributed by atoms with Crippen molar-refractivity contribution >= 4 is 11.7 Å². The Kier molecular flexibility index (Phi) is 7.19. The van der Waals surface area contributed by atoms with Crippen molar-refractivity contribution < 1.29 is 9.53 Å². The third-order valence-corrected chi connectivity index (χ3v) is 3.78. The van der Waals surface area contributed by atoms with E-state index in [1.807, 2.05) is 24.3 Å². The molecule has 1 amide bonds. The standard InChI is InChI=1S/C19H26N4O2/c1-14(2)10-12-21-19(24)17-8-9-18(23-22-17)20-13-11-15-4-6-16(25-3)7-5-15/h4-9,14H,10-13H2,1-3H3,(H,20,23)(H,21,24). The Labute approximate surface area is 149 Å². The van der Waals surface area contributed by atoms with Crippen molar-refractivity contribution in [2.24, 2.45) is 5.92 Å². The van der Waals surface area contributed by atoms with Crippen LogP contribution in [-0.4, -0.2) is 36.3 Å². The molecule has 0 aliphatic heterocycles. The SMILES string of the molecule is COc1ccc(CCNc2ccc(C(=O)NCCC(C)C)nn2)cc1.